The van der Waals surface area contributed by atoms with Crippen LogP contribution >= 0.6 is 0 Å². The molecule has 4 nitrogen and oxygen atoms in total. The molecule has 0 aliphatic heterocycles. The van der Waals surface area contributed by atoms with E-state index in [2.05, 4.69) is 10.3 Å². The summed E-state index contributed by atoms with van der Waals surface area (Å²) in [6, 6.07) is 15.4. The highest BCUT2D eigenvalue weighted by Crippen LogP contribution is 2.08. The Morgan fingerprint density at radius 2 is 1.90 bits per heavy atom. The second kappa shape index (κ2) is 8.74. The molecule has 2 rings (SSSR count). The number of nitrogens with zero attached hydrogens (tertiary/aromatic N) is 1. The van der Waals surface area contributed by atoms with Crippen LogP contribution in [-0.4, -0.2) is 24.0 Å². The predicted molar refractivity (Wildman–Crippen MR) is 82.1 cm³/mol. The molecule has 1 amide bonds. The molecule has 1 aromatic heterocycles. The Bertz CT molecular complexity index is 529. The lowest BCUT2D eigenvalue weighted by atomic mass is 10.2. The zero-order valence-electron chi connectivity index (χ0n) is 12.0. The molecule has 2 aromatic rings. The van der Waals surface area contributed by atoms with Crippen LogP contribution in [-0.2, 0) is 11.2 Å². The van der Waals surface area contributed by atoms with E-state index in [1.165, 1.54) is 0 Å². The molecule has 0 aliphatic rings. The van der Waals surface area contributed by atoms with Crippen LogP contribution in [0, 0.1) is 0 Å². The smallest absolute Gasteiger partial charge is 0.220 e. The fourth-order valence-electron chi connectivity index (χ4n) is 1.90. The second-order valence-corrected chi connectivity index (χ2v) is 4.69. The van der Waals surface area contributed by atoms with Crippen molar-refractivity contribution in [3.8, 4) is 5.75 Å². The van der Waals surface area contributed by atoms with Gasteiger partial charge >= 0.3 is 0 Å². The molecule has 1 aromatic carbocycles. The first-order valence-electron chi connectivity index (χ1n) is 7.19. The molecule has 110 valence electrons. The van der Waals surface area contributed by atoms with E-state index in [-0.39, 0.29) is 5.91 Å². The molecule has 1 N–H and O–H groups in total. The molecule has 0 fully saturated rings. The molecule has 0 radical (unpaired) electrons. The van der Waals surface area contributed by atoms with Gasteiger partial charge in [0.25, 0.3) is 0 Å². The number of para-hydroxylation sites is 1. The van der Waals surface area contributed by atoms with Crippen molar-refractivity contribution < 1.29 is 9.53 Å². The van der Waals surface area contributed by atoms with Crippen LogP contribution in [0.15, 0.2) is 54.7 Å². The molecule has 0 saturated heterocycles. The number of hydrogen-bond acceptors (Lipinski definition) is 3. The number of carbonyl (C=O) groups excluding carboxylic acids is 1. The Morgan fingerprint density at radius 1 is 1.10 bits per heavy atom. The summed E-state index contributed by atoms with van der Waals surface area (Å²) in [7, 11) is 0. The largest absolute Gasteiger partial charge is 0.494 e. The molecule has 1 heterocycles. The maximum Gasteiger partial charge on any atom is 0.220 e. The Morgan fingerprint density at radius 3 is 2.67 bits per heavy atom. The van der Waals surface area contributed by atoms with E-state index in [1.54, 1.807) is 6.20 Å². The van der Waals surface area contributed by atoms with Gasteiger partial charge < -0.3 is 10.1 Å². The Labute approximate surface area is 125 Å². The number of hydrogen-bond donors (Lipinski definition) is 1. The maximum absolute atomic E-state index is 11.7. The van der Waals surface area contributed by atoms with E-state index in [0.717, 1.165) is 17.9 Å². The topological polar surface area (TPSA) is 51.2 Å². The third-order valence-corrected chi connectivity index (χ3v) is 2.99. The highest BCUT2D eigenvalue weighted by molar-refractivity contribution is 5.75. The van der Waals surface area contributed by atoms with E-state index in [0.29, 0.717) is 26.0 Å². The van der Waals surface area contributed by atoms with Gasteiger partial charge in [-0.3, -0.25) is 9.78 Å². The van der Waals surface area contributed by atoms with E-state index in [9.17, 15) is 4.79 Å². The van der Waals surface area contributed by atoms with Crippen molar-refractivity contribution in [1.82, 2.24) is 10.3 Å². The quantitative estimate of drug-likeness (QED) is 0.758. The highest BCUT2D eigenvalue weighted by Gasteiger charge is 2.01. The number of ether oxygens (including phenoxy) is 1. The molecular weight excluding hydrogens is 264 g/mol. The number of benzene rings is 1. The van der Waals surface area contributed by atoms with Crippen LogP contribution in [0.4, 0.5) is 0 Å². The van der Waals surface area contributed by atoms with Crippen molar-refractivity contribution in [2.45, 2.75) is 19.3 Å². The van der Waals surface area contributed by atoms with Crippen molar-refractivity contribution in [3.05, 3.63) is 60.4 Å². The standard InChI is InChI=1S/C17H20N2O2/c20-17(19-13-11-15-7-4-5-12-18-15)10-6-14-21-16-8-2-1-3-9-16/h1-5,7-9,12H,6,10-11,13-14H2,(H,19,20). The Balaban J connectivity index is 1.54. The third kappa shape index (κ3) is 6.08. The van der Waals surface area contributed by atoms with Crippen molar-refractivity contribution in [3.63, 3.8) is 0 Å². The number of rotatable bonds is 8. The average molecular weight is 284 g/mol. The fourth-order valence-corrected chi connectivity index (χ4v) is 1.90. The van der Waals surface area contributed by atoms with Gasteiger partial charge in [-0.15, -0.1) is 0 Å². The summed E-state index contributed by atoms with van der Waals surface area (Å²) in [5.41, 5.74) is 0.991. The van der Waals surface area contributed by atoms with Crippen LogP contribution in [0.25, 0.3) is 0 Å². The van der Waals surface area contributed by atoms with Crippen LogP contribution in [0.2, 0.25) is 0 Å². The van der Waals surface area contributed by atoms with Crippen LogP contribution < -0.4 is 10.1 Å². The van der Waals surface area contributed by atoms with Gasteiger partial charge in [-0.25, -0.2) is 0 Å². The number of nitrogens with one attached hydrogen (secondary N) is 1. The van der Waals surface area contributed by atoms with Crippen molar-refractivity contribution in [1.29, 1.82) is 0 Å². The van der Waals surface area contributed by atoms with Crippen molar-refractivity contribution >= 4 is 5.91 Å². The van der Waals surface area contributed by atoms with E-state index in [1.807, 2.05) is 48.5 Å². The van der Waals surface area contributed by atoms with Gasteiger partial charge in [0, 0.05) is 31.3 Å². The molecule has 4 heteroatoms. The maximum atomic E-state index is 11.7. The molecule has 0 atom stereocenters. The normalized spacial score (nSPS) is 10.1. The number of carbonyl (C=O) groups is 1. The average Bonchev–Trinajstić information content (AvgIpc) is 2.54. The van der Waals surface area contributed by atoms with E-state index >= 15 is 0 Å². The van der Waals surface area contributed by atoms with Crippen molar-refractivity contribution in [2.75, 3.05) is 13.2 Å². The van der Waals surface area contributed by atoms with E-state index < -0.39 is 0 Å². The molecule has 0 aliphatic carbocycles. The van der Waals surface area contributed by atoms with Gasteiger partial charge in [-0.1, -0.05) is 24.3 Å². The first kappa shape index (κ1) is 15.0. The molecule has 0 spiro atoms. The molecule has 0 unspecified atom stereocenters. The highest BCUT2D eigenvalue weighted by atomic mass is 16.5. The molecular formula is C17H20N2O2. The first-order valence-corrected chi connectivity index (χ1v) is 7.19. The fraction of sp³-hybridized carbons (Fsp3) is 0.294. The molecule has 0 bridgehead atoms. The lowest BCUT2D eigenvalue weighted by molar-refractivity contribution is -0.121. The second-order valence-electron chi connectivity index (χ2n) is 4.69. The Hall–Kier alpha value is -2.36. The Kier molecular flexibility index (Phi) is 6.26. The summed E-state index contributed by atoms with van der Waals surface area (Å²) in [4.78, 5) is 15.9. The lowest BCUT2D eigenvalue weighted by Crippen LogP contribution is -2.26. The summed E-state index contributed by atoms with van der Waals surface area (Å²) in [5, 5.41) is 2.90. The SMILES string of the molecule is O=C(CCCOc1ccccc1)NCCc1ccccn1. The predicted octanol–water partition coefficient (Wildman–Crippen LogP) is 2.60. The third-order valence-electron chi connectivity index (χ3n) is 2.99. The van der Waals surface area contributed by atoms with Gasteiger partial charge in [-0.05, 0) is 30.7 Å². The summed E-state index contributed by atoms with van der Waals surface area (Å²) in [5.74, 6) is 0.899. The zero-order valence-corrected chi connectivity index (χ0v) is 12.0. The van der Waals surface area contributed by atoms with Crippen LogP contribution in [0.3, 0.4) is 0 Å². The van der Waals surface area contributed by atoms with Gasteiger partial charge in [0.15, 0.2) is 0 Å². The van der Waals surface area contributed by atoms with Gasteiger partial charge in [0.2, 0.25) is 5.91 Å². The first-order chi connectivity index (χ1) is 10.3. The summed E-state index contributed by atoms with van der Waals surface area (Å²) >= 11 is 0. The van der Waals surface area contributed by atoms with Gasteiger partial charge in [-0.2, -0.15) is 0 Å². The van der Waals surface area contributed by atoms with Crippen molar-refractivity contribution in [2.24, 2.45) is 0 Å². The summed E-state index contributed by atoms with van der Waals surface area (Å²) < 4.78 is 5.54. The van der Waals surface area contributed by atoms with Gasteiger partial charge in [0.1, 0.15) is 5.75 Å². The number of aromatic nitrogens is 1. The van der Waals surface area contributed by atoms with Crippen LogP contribution in [0.5, 0.6) is 5.75 Å². The van der Waals surface area contributed by atoms with Crippen LogP contribution in [0.1, 0.15) is 18.5 Å². The lowest BCUT2D eigenvalue weighted by Gasteiger charge is -2.07. The minimum Gasteiger partial charge on any atom is -0.494 e. The number of amides is 1. The minimum atomic E-state index is 0.0580. The minimum absolute atomic E-state index is 0.0580. The van der Waals surface area contributed by atoms with Gasteiger partial charge in [0.05, 0.1) is 6.61 Å². The molecule has 21 heavy (non-hydrogen) atoms. The molecule has 0 saturated carbocycles. The summed E-state index contributed by atoms with van der Waals surface area (Å²) in [6.07, 6.45) is 3.71. The van der Waals surface area contributed by atoms with E-state index in [4.69, 9.17) is 4.74 Å². The summed E-state index contributed by atoms with van der Waals surface area (Å²) in [6.45, 7) is 1.17. The monoisotopic (exact) mass is 284 g/mol. The number of pyridine rings is 1. The zero-order chi connectivity index (χ0) is 14.8.